The number of nitrogens with one attached hydrogen (secondary N) is 1. The van der Waals surface area contributed by atoms with Crippen LogP contribution in [0.4, 0.5) is 21.6 Å². The Morgan fingerprint density at radius 2 is 2.14 bits per heavy atom. The monoisotopic (exact) mass is 291 g/mol. The third kappa shape index (κ3) is 3.30. The molecular formula is C13H10FN3O4. The van der Waals surface area contributed by atoms with Crippen LogP contribution in [0.15, 0.2) is 36.4 Å². The van der Waals surface area contributed by atoms with Gasteiger partial charge in [-0.1, -0.05) is 6.07 Å². The minimum Gasteiger partial charge on any atom is -0.464 e. The number of anilines is 2. The van der Waals surface area contributed by atoms with Gasteiger partial charge < -0.3 is 10.1 Å². The third-order valence-corrected chi connectivity index (χ3v) is 2.55. The molecule has 0 saturated carbocycles. The summed E-state index contributed by atoms with van der Waals surface area (Å²) >= 11 is 0. The number of aromatic nitrogens is 1. The quantitative estimate of drug-likeness (QED) is 0.528. The molecule has 0 aliphatic rings. The molecule has 21 heavy (non-hydrogen) atoms. The van der Waals surface area contributed by atoms with Crippen molar-refractivity contribution in [1.29, 1.82) is 0 Å². The van der Waals surface area contributed by atoms with Crippen molar-refractivity contribution < 1.29 is 18.8 Å². The zero-order valence-electron chi connectivity index (χ0n) is 10.9. The van der Waals surface area contributed by atoms with E-state index in [9.17, 15) is 19.3 Å². The topological polar surface area (TPSA) is 94.4 Å². The fourth-order valence-corrected chi connectivity index (χ4v) is 1.61. The van der Waals surface area contributed by atoms with Gasteiger partial charge in [-0.05, 0) is 24.3 Å². The van der Waals surface area contributed by atoms with Crippen molar-refractivity contribution >= 4 is 23.2 Å². The maximum atomic E-state index is 13.1. The SMILES string of the molecule is COC(=O)c1ccc([N+](=O)[O-])c(Nc2cccc(F)c2)n1. The molecule has 108 valence electrons. The molecule has 0 fully saturated rings. The number of benzene rings is 1. The van der Waals surface area contributed by atoms with E-state index in [-0.39, 0.29) is 22.9 Å². The Bertz CT molecular complexity index is 706. The first-order valence-corrected chi connectivity index (χ1v) is 5.77. The van der Waals surface area contributed by atoms with Crippen LogP contribution in [0.1, 0.15) is 10.5 Å². The van der Waals surface area contributed by atoms with E-state index in [4.69, 9.17) is 0 Å². The van der Waals surface area contributed by atoms with E-state index in [1.807, 2.05) is 0 Å². The number of nitrogens with zero attached hydrogens (tertiary/aromatic N) is 2. The lowest BCUT2D eigenvalue weighted by Gasteiger charge is -2.07. The first kappa shape index (κ1) is 14.4. The van der Waals surface area contributed by atoms with E-state index in [0.717, 1.165) is 12.1 Å². The number of nitro groups is 1. The van der Waals surface area contributed by atoms with Crippen molar-refractivity contribution in [2.75, 3.05) is 12.4 Å². The van der Waals surface area contributed by atoms with Gasteiger partial charge in [0.2, 0.25) is 5.82 Å². The number of esters is 1. The predicted molar refractivity (Wildman–Crippen MR) is 71.9 cm³/mol. The number of pyridine rings is 1. The van der Waals surface area contributed by atoms with Crippen LogP contribution in [0.5, 0.6) is 0 Å². The summed E-state index contributed by atoms with van der Waals surface area (Å²) in [5.41, 5.74) is -0.165. The second kappa shape index (κ2) is 5.95. The van der Waals surface area contributed by atoms with Crippen LogP contribution in [0.25, 0.3) is 0 Å². The highest BCUT2D eigenvalue weighted by atomic mass is 19.1. The molecule has 1 aromatic carbocycles. The third-order valence-electron chi connectivity index (χ3n) is 2.55. The average molecular weight is 291 g/mol. The number of carbonyl (C=O) groups excluding carboxylic acids is 1. The van der Waals surface area contributed by atoms with Crippen LogP contribution in [0.2, 0.25) is 0 Å². The largest absolute Gasteiger partial charge is 0.464 e. The Balaban J connectivity index is 2.43. The van der Waals surface area contributed by atoms with Gasteiger partial charge in [0.1, 0.15) is 5.82 Å². The van der Waals surface area contributed by atoms with Crippen LogP contribution in [0.3, 0.4) is 0 Å². The van der Waals surface area contributed by atoms with E-state index >= 15 is 0 Å². The van der Waals surface area contributed by atoms with Gasteiger partial charge in [-0.25, -0.2) is 14.2 Å². The fourth-order valence-electron chi connectivity index (χ4n) is 1.61. The molecule has 2 aromatic rings. The molecule has 8 heteroatoms. The number of carbonyl (C=O) groups is 1. The normalized spacial score (nSPS) is 10.0. The molecule has 1 aromatic heterocycles. The van der Waals surface area contributed by atoms with Gasteiger partial charge in [0, 0.05) is 11.8 Å². The summed E-state index contributed by atoms with van der Waals surface area (Å²) in [6.07, 6.45) is 0. The highest BCUT2D eigenvalue weighted by Gasteiger charge is 2.19. The lowest BCUT2D eigenvalue weighted by Crippen LogP contribution is -2.08. The molecule has 0 aliphatic carbocycles. The summed E-state index contributed by atoms with van der Waals surface area (Å²) in [4.78, 5) is 25.6. The summed E-state index contributed by atoms with van der Waals surface area (Å²) in [6, 6.07) is 7.64. The first-order chi connectivity index (χ1) is 10.0. The summed E-state index contributed by atoms with van der Waals surface area (Å²) in [5.74, 6) is -1.41. The minimum absolute atomic E-state index is 0.0954. The molecule has 1 heterocycles. The van der Waals surface area contributed by atoms with Gasteiger partial charge in [0.05, 0.1) is 12.0 Å². The number of halogens is 1. The number of ether oxygens (including phenoxy) is 1. The van der Waals surface area contributed by atoms with E-state index < -0.39 is 16.7 Å². The highest BCUT2D eigenvalue weighted by molar-refractivity contribution is 5.88. The smallest absolute Gasteiger partial charge is 0.356 e. The molecule has 0 atom stereocenters. The Morgan fingerprint density at radius 3 is 2.76 bits per heavy atom. The van der Waals surface area contributed by atoms with E-state index in [1.165, 1.54) is 31.4 Å². The number of hydrogen-bond acceptors (Lipinski definition) is 6. The van der Waals surface area contributed by atoms with Crippen molar-refractivity contribution in [3.8, 4) is 0 Å². The average Bonchev–Trinajstić information content (AvgIpc) is 2.46. The Labute approximate surface area is 118 Å². The lowest BCUT2D eigenvalue weighted by atomic mass is 10.3. The van der Waals surface area contributed by atoms with Crippen LogP contribution in [0, 0.1) is 15.9 Å². The van der Waals surface area contributed by atoms with Crippen molar-refractivity contribution in [1.82, 2.24) is 4.98 Å². The number of methoxy groups -OCH3 is 1. The number of hydrogen-bond donors (Lipinski definition) is 1. The maximum Gasteiger partial charge on any atom is 0.356 e. The maximum absolute atomic E-state index is 13.1. The second-order valence-electron chi connectivity index (χ2n) is 3.95. The molecule has 1 N–H and O–H groups in total. The van der Waals surface area contributed by atoms with E-state index in [1.54, 1.807) is 0 Å². The standard InChI is InChI=1S/C13H10FN3O4/c1-21-13(18)10-5-6-11(17(19)20)12(16-10)15-9-4-2-3-8(14)7-9/h2-7H,1H3,(H,15,16). The van der Waals surface area contributed by atoms with Gasteiger partial charge in [-0.2, -0.15) is 0 Å². The fraction of sp³-hybridized carbons (Fsp3) is 0.0769. The summed E-state index contributed by atoms with van der Waals surface area (Å²) in [5, 5.41) is 13.6. The lowest BCUT2D eigenvalue weighted by molar-refractivity contribution is -0.384. The van der Waals surface area contributed by atoms with Gasteiger partial charge in [-0.15, -0.1) is 0 Å². The molecule has 0 radical (unpaired) electrons. The van der Waals surface area contributed by atoms with Crippen molar-refractivity contribution in [2.45, 2.75) is 0 Å². The second-order valence-corrected chi connectivity index (χ2v) is 3.95. The zero-order chi connectivity index (χ0) is 15.4. The van der Waals surface area contributed by atoms with E-state index in [2.05, 4.69) is 15.0 Å². The Kier molecular flexibility index (Phi) is 4.07. The molecule has 7 nitrogen and oxygen atoms in total. The van der Waals surface area contributed by atoms with Crippen molar-refractivity contribution in [3.05, 3.63) is 58.0 Å². The van der Waals surface area contributed by atoms with Gasteiger partial charge >= 0.3 is 11.7 Å². The van der Waals surface area contributed by atoms with E-state index in [0.29, 0.717) is 0 Å². The van der Waals surface area contributed by atoms with Crippen molar-refractivity contribution in [2.24, 2.45) is 0 Å². The Hall–Kier alpha value is -3.03. The van der Waals surface area contributed by atoms with Gasteiger partial charge in [0.15, 0.2) is 5.69 Å². The van der Waals surface area contributed by atoms with Crippen LogP contribution >= 0.6 is 0 Å². The van der Waals surface area contributed by atoms with Crippen molar-refractivity contribution in [3.63, 3.8) is 0 Å². The predicted octanol–water partition coefficient (Wildman–Crippen LogP) is 2.66. The molecule has 0 aliphatic heterocycles. The number of rotatable bonds is 4. The molecule has 0 unspecified atom stereocenters. The summed E-state index contributed by atoms with van der Waals surface area (Å²) in [7, 11) is 1.17. The van der Waals surface area contributed by atoms with Gasteiger partial charge in [-0.3, -0.25) is 10.1 Å². The molecule has 2 rings (SSSR count). The van der Waals surface area contributed by atoms with Crippen LogP contribution in [-0.2, 0) is 4.74 Å². The summed E-state index contributed by atoms with van der Waals surface area (Å²) in [6.45, 7) is 0. The molecular weight excluding hydrogens is 281 g/mol. The molecule has 0 spiro atoms. The Morgan fingerprint density at radius 1 is 1.38 bits per heavy atom. The van der Waals surface area contributed by atoms with Crippen LogP contribution in [-0.4, -0.2) is 23.0 Å². The zero-order valence-corrected chi connectivity index (χ0v) is 10.9. The molecule has 0 amide bonds. The minimum atomic E-state index is -0.729. The highest BCUT2D eigenvalue weighted by Crippen LogP contribution is 2.26. The molecule has 0 saturated heterocycles. The van der Waals surface area contributed by atoms with Gasteiger partial charge in [0.25, 0.3) is 0 Å². The molecule has 0 bridgehead atoms. The summed E-state index contributed by atoms with van der Waals surface area (Å²) < 4.78 is 17.6. The van der Waals surface area contributed by atoms with Crippen LogP contribution < -0.4 is 5.32 Å². The first-order valence-electron chi connectivity index (χ1n) is 5.77.